The lowest BCUT2D eigenvalue weighted by Gasteiger charge is -2.18. The van der Waals surface area contributed by atoms with E-state index in [4.69, 9.17) is 14.2 Å². The van der Waals surface area contributed by atoms with Crippen LogP contribution in [-0.2, 0) is 9.53 Å². The summed E-state index contributed by atoms with van der Waals surface area (Å²) in [6.45, 7) is 0.0954. The zero-order chi connectivity index (χ0) is 22.7. The number of fused-ring (bicyclic) bond motifs is 3. The second kappa shape index (κ2) is 9.01. The number of benzene rings is 3. The minimum atomic E-state index is -1.30. The summed E-state index contributed by atoms with van der Waals surface area (Å²) < 4.78 is 15.9. The first-order valence-electron chi connectivity index (χ1n) is 10.1. The van der Waals surface area contributed by atoms with Crippen molar-refractivity contribution < 1.29 is 28.9 Å². The molecule has 1 aliphatic carbocycles. The van der Waals surface area contributed by atoms with Crippen molar-refractivity contribution in [1.29, 1.82) is 0 Å². The molecule has 1 aliphatic rings. The number of hydrogen-bond donors (Lipinski definition) is 2. The van der Waals surface area contributed by atoms with E-state index < -0.39 is 18.1 Å². The highest BCUT2D eigenvalue weighted by Crippen LogP contribution is 2.44. The highest BCUT2D eigenvalue weighted by Gasteiger charge is 2.30. The molecule has 0 aromatic heterocycles. The SMILES string of the molecule is COc1ccc([C@@H](NC(=O)OCC2c3ccccc3-c3ccccc32)C(=O)O)cc1OC. The normalized spacial score (nSPS) is 12.9. The summed E-state index contributed by atoms with van der Waals surface area (Å²) >= 11 is 0. The number of alkyl carbamates (subject to hydrolysis) is 1. The van der Waals surface area contributed by atoms with Crippen molar-refractivity contribution in [3.8, 4) is 22.6 Å². The molecule has 0 spiro atoms. The second-order valence-corrected chi connectivity index (χ2v) is 7.36. The van der Waals surface area contributed by atoms with E-state index in [-0.39, 0.29) is 12.5 Å². The summed E-state index contributed by atoms with van der Waals surface area (Å²) in [6, 6.07) is 19.4. The van der Waals surface area contributed by atoms with Crippen LogP contribution in [-0.4, -0.2) is 38.0 Å². The summed E-state index contributed by atoms with van der Waals surface area (Å²) in [5, 5.41) is 12.1. The van der Waals surface area contributed by atoms with Crippen molar-refractivity contribution >= 4 is 12.1 Å². The molecule has 0 unspecified atom stereocenters. The number of carboxylic acids is 1. The Morgan fingerprint density at radius 3 is 2.06 bits per heavy atom. The van der Waals surface area contributed by atoms with Gasteiger partial charge < -0.3 is 24.6 Å². The summed E-state index contributed by atoms with van der Waals surface area (Å²) in [4.78, 5) is 24.4. The van der Waals surface area contributed by atoms with Crippen LogP contribution < -0.4 is 14.8 Å². The molecule has 1 atom stereocenters. The zero-order valence-electron chi connectivity index (χ0n) is 17.7. The molecule has 0 bridgehead atoms. The fourth-order valence-corrected chi connectivity index (χ4v) is 4.08. The molecule has 0 aliphatic heterocycles. The van der Waals surface area contributed by atoms with Crippen LogP contribution in [0.5, 0.6) is 11.5 Å². The molecule has 7 nitrogen and oxygen atoms in total. The number of aliphatic carboxylic acids is 1. The van der Waals surface area contributed by atoms with Crippen LogP contribution in [0.4, 0.5) is 4.79 Å². The topological polar surface area (TPSA) is 94.1 Å². The van der Waals surface area contributed by atoms with Crippen molar-refractivity contribution in [1.82, 2.24) is 5.32 Å². The Labute approximate surface area is 185 Å². The van der Waals surface area contributed by atoms with Gasteiger partial charge in [0.25, 0.3) is 0 Å². The van der Waals surface area contributed by atoms with Crippen molar-refractivity contribution in [2.24, 2.45) is 0 Å². The maximum Gasteiger partial charge on any atom is 0.408 e. The smallest absolute Gasteiger partial charge is 0.408 e. The molecule has 1 amide bonds. The summed E-state index contributed by atoms with van der Waals surface area (Å²) in [5.41, 5.74) is 4.73. The number of nitrogens with one attached hydrogen (secondary N) is 1. The lowest BCUT2D eigenvalue weighted by atomic mass is 9.98. The van der Waals surface area contributed by atoms with Gasteiger partial charge in [-0.3, -0.25) is 0 Å². The third-order valence-corrected chi connectivity index (χ3v) is 5.59. The van der Waals surface area contributed by atoms with Crippen molar-refractivity contribution in [2.45, 2.75) is 12.0 Å². The van der Waals surface area contributed by atoms with Gasteiger partial charge in [0, 0.05) is 5.92 Å². The molecule has 0 saturated heterocycles. The maximum atomic E-state index is 12.5. The number of ether oxygens (including phenoxy) is 3. The predicted octanol–water partition coefficient (Wildman–Crippen LogP) is 4.37. The number of carboxylic acid groups (broad SMARTS) is 1. The molecule has 0 fully saturated rings. The number of carbonyl (C=O) groups is 2. The first kappa shape index (κ1) is 21.2. The fourth-order valence-electron chi connectivity index (χ4n) is 4.08. The van der Waals surface area contributed by atoms with Crippen LogP contribution in [0.1, 0.15) is 28.7 Å². The minimum absolute atomic E-state index is 0.0954. The predicted molar refractivity (Wildman–Crippen MR) is 118 cm³/mol. The second-order valence-electron chi connectivity index (χ2n) is 7.36. The Morgan fingerprint density at radius 1 is 0.906 bits per heavy atom. The van der Waals surface area contributed by atoms with Gasteiger partial charge in [-0.15, -0.1) is 0 Å². The van der Waals surface area contributed by atoms with E-state index in [2.05, 4.69) is 5.32 Å². The van der Waals surface area contributed by atoms with Gasteiger partial charge in [-0.25, -0.2) is 9.59 Å². The molecular formula is C25H23NO6. The van der Waals surface area contributed by atoms with Gasteiger partial charge in [-0.05, 0) is 39.9 Å². The van der Waals surface area contributed by atoms with Gasteiger partial charge in [-0.1, -0.05) is 54.6 Å². The third-order valence-electron chi connectivity index (χ3n) is 5.59. The van der Waals surface area contributed by atoms with Crippen molar-refractivity contribution in [3.63, 3.8) is 0 Å². The van der Waals surface area contributed by atoms with Crippen LogP contribution in [0.15, 0.2) is 66.7 Å². The lowest BCUT2D eigenvalue weighted by molar-refractivity contribution is -0.139. The van der Waals surface area contributed by atoms with Crippen molar-refractivity contribution in [2.75, 3.05) is 20.8 Å². The number of rotatable bonds is 7. The number of methoxy groups -OCH3 is 2. The van der Waals surface area contributed by atoms with E-state index in [1.54, 1.807) is 12.1 Å². The number of amides is 1. The first-order valence-corrected chi connectivity index (χ1v) is 10.1. The van der Waals surface area contributed by atoms with Gasteiger partial charge >= 0.3 is 12.1 Å². The van der Waals surface area contributed by atoms with Crippen LogP contribution in [0.3, 0.4) is 0 Å². The van der Waals surface area contributed by atoms with Crippen molar-refractivity contribution in [3.05, 3.63) is 83.4 Å². The highest BCUT2D eigenvalue weighted by atomic mass is 16.5. The van der Waals surface area contributed by atoms with Crippen LogP contribution >= 0.6 is 0 Å². The lowest BCUT2D eigenvalue weighted by Crippen LogP contribution is -2.34. The Hall–Kier alpha value is -4.00. The third kappa shape index (κ3) is 3.97. The molecular weight excluding hydrogens is 410 g/mol. The van der Waals surface area contributed by atoms with Gasteiger partial charge in [-0.2, -0.15) is 0 Å². The monoisotopic (exact) mass is 433 g/mol. The molecule has 0 heterocycles. The highest BCUT2D eigenvalue weighted by molar-refractivity contribution is 5.82. The van der Waals surface area contributed by atoms with Gasteiger partial charge in [0.2, 0.25) is 0 Å². The average molecular weight is 433 g/mol. The first-order chi connectivity index (χ1) is 15.5. The molecule has 0 saturated carbocycles. The molecule has 7 heteroatoms. The van der Waals surface area contributed by atoms with Gasteiger partial charge in [0.15, 0.2) is 17.5 Å². The molecule has 4 rings (SSSR count). The molecule has 3 aromatic rings. The fraction of sp³-hybridized carbons (Fsp3) is 0.200. The Morgan fingerprint density at radius 2 is 1.50 bits per heavy atom. The maximum absolute atomic E-state index is 12.5. The minimum Gasteiger partial charge on any atom is -0.493 e. The van der Waals surface area contributed by atoms with Crippen LogP contribution in [0.2, 0.25) is 0 Å². The summed E-state index contributed by atoms with van der Waals surface area (Å²) in [6.07, 6.45) is -0.811. The molecule has 164 valence electrons. The van der Waals surface area contributed by atoms with E-state index in [0.717, 1.165) is 22.3 Å². The zero-order valence-corrected chi connectivity index (χ0v) is 17.7. The molecule has 3 aromatic carbocycles. The Bertz CT molecular complexity index is 1110. The average Bonchev–Trinajstić information content (AvgIpc) is 3.14. The molecule has 0 radical (unpaired) electrons. The van der Waals surface area contributed by atoms with E-state index in [1.807, 2.05) is 48.5 Å². The van der Waals surface area contributed by atoms with Gasteiger partial charge in [0.1, 0.15) is 6.61 Å². The molecule has 32 heavy (non-hydrogen) atoms. The molecule has 2 N–H and O–H groups in total. The summed E-state index contributed by atoms with van der Waals surface area (Å²) in [7, 11) is 2.94. The number of carbonyl (C=O) groups excluding carboxylic acids is 1. The standard InChI is InChI=1S/C25H23NO6/c1-30-21-12-11-15(13-22(21)31-2)23(24(27)28)26-25(29)32-14-20-18-9-5-3-7-16(18)17-8-4-6-10-19(17)20/h3-13,20,23H,14H2,1-2H3,(H,26,29)(H,27,28)/t23-/m1/s1. The quantitative estimate of drug-likeness (QED) is 0.575. The van der Waals surface area contributed by atoms with Crippen LogP contribution in [0, 0.1) is 0 Å². The largest absolute Gasteiger partial charge is 0.493 e. The Kier molecular flexibility index (Phi) is 5.98. The number of hydrogen-bond acceptors (Lipinski definition) is 5. The van der Waals surface area contributed by atoms with Crippen LogP contribution in [0.25, 0.3) is 11.1 Å². The van der Waals surface area contributed by atoms with E-state index >= 15 is 0 Å². The van der Waals surface area contributed by atoms with E-state index in [9.17, 15) is 14.7 Å². The Balaban J connectivity index is 1.49. The van der Waals surface area contributed by atoms with Gasteiger partial charge in [0.05, 0.1) is 14.2 Å². The van der Waals surface area contributed by atoms with E-state index in [1.165, 1.54) is 20.3 Å². The van der Waals surface area contributed by atoms with E-state index in [0.29, 0.717) is 17.1 Å². The summed E-state index contributed by atoms with van der Waals surface area (Å²) in [5.74, 6) is -0.504.